The Labute approximate surface area is 138 Å². The van der Waals surface area contributed by atoms with Crippen LogP contribution in [0.5, 0.6) is 5.75 Å². The van der Waals surface area contributed by atoms with Gasteiger partial charge in [-0.25, -0.2) is 0 Å². The summed E-state index contributed by atoms with van der Waals surface area (Å²) in [6.45, 7) is 2.12. The lowest BCUT2D eigenvalue weighted by Gasteiger charge is -2.23. The van der Waals surface area contributed by atoms with Crippen LogP contribution in [0.25, 0.3) is 11.4 Å². The minimum Gasteiger partial charge on any atom is -0.497 e. The Bertz CT molecular complexity index is 595. The number of hydrogen-bond acceptors (Lipinski definition) is 7. The second-order valence-electron chi connectivity index (χ2n) is 5.02. The van der Waals surface area contributed by atoms with E-state index in [1.807, 2.05) is 47.8 Å². The van der Waals surface area contributed by atoms with Crippen LogP contribution >= 0.6 is 23.5 Å². The molecule has 0 N–H and O–H groups in total. The number of thioether (sulfide) groups is 2. The number of hydrogen-bond donors (Lipinski definition) is 0. The molecule has 0 saturated carbocycles. The molecule has 2 aromatic rings. The molecule has 7 heteroatoms. The van der Waals surface area contributed by atoms with E-state index in [0.29, 0.717) is 11.7 Å². The van der Waals surface area contributed by atoms with Gasteiger partial charge in [0, 0.05) is 28.8 Å². The molecule has 0 aliphatic carbocycles. The molecule has 3 rings (SSSR count). The van der Waals surface area contributed by atoms with Crippen molar-refractivity contribution >= 4 is 23.5 Å². The van der Waals surface area contributed by atoms with E-state index in [1.165, 1.54) is 11.5 Å². The zero-order valence-electron chi connectivity index (χ0n) is 12.7. The van der Waals surface area contributed by atoms with Crippen LogP contribution in [-0.4, -0.2) is 45.4 Å². The zero-order chi connectivity index (χ0) is 15.4. The van der Waals surface area contributed by atoms with Crippen LogP contribution in [0, 0.1) is 0 Å². The van der Waals surface area contributed by atoms with Crippen LogP contribution in [0.4, 0.5) is 0 Å². The summed E-state index contributed by atoms with van der Waals surface area (Å²) in [7, 11) is 1.65. The first kappa shape index (κ1) is 15.7. The largest absolute Gasteiger partial charge is 0.497 e. The van der Waals surface area contributed by atoms with Gasteiger partial charge in [-0.2, -0.15) is 4.98 Å². The Balaban J connectivity index is 1.74. The SMILES string of the molecule is COc1ccc(-c2noc(C(C)N3CSCCSC3)n2)cc1. The highest BCUT2D eigenvalue weighted by Crippen LogP contribution is 2.28. The maximum absolute atomic E-state index is 5.48. The van der Waals surface area contributed by atoms with Gasteiger partial charge < -0.3 is 9.26 Å². The fourth-order valence-corrected chi connectivity index (χ4v) is 4.58. The van der Waals surface area contributed by atoms with Crippen molar-refractivity contribution in [3.05, 3.63) is 30.2 Å². The maximum atomic E-state index is 5.48. The van der Waals surface area contributed by atoms with Crippen molar-refractivity contribution in [2.24, 2.45) is 0 Å². The van der Waals surface area contributed by atoms with E-state index >= 15 is 0 Å². The van der Waals surface area contributed by atoms with E-state index < -0.39 is 0 Å². The summed E-state index contributed by atoms with van der Waals surface area (Å²) in [6.07, 6.45) is 0. The van der Waals surface area contributed by atoms with Gasteiger partial charge in [0.15, 0.2) is 0 Å². The highest BCUT2D eigenvalue weighted by Gasteiger charge is 2.23. The number of ether oxygens (including phenoxy) is 1. The van der Waals surface area contributed by atoms with E-state index in [2.05, 4.69) is 22.0 Å². The predicted octanol–water partition coefficient (Wildman–Crippen LogP) is 3.50. The summed E-state index contributed by atoms with van der Waals surface area (Å²) < 4.78 is 10.6. The molecule has 0 amide bonds. The molecule has 1 aliphatic heterocycles. The van der Waals surface area contributed by atoms with Crippen molar-refractivity contribution < 1.29 is 9.26 Å². The molecule has 1 atom stereocenters. The molecule has 2 heterocycles. The number of nitrogens with zero attached hydrogens (tertiary/aromatic N) is 3. The smallest absolute Gasteiger partial charge is 0.244 e. The number of benzene rings is 1. The molecular weight excluding hydrogens is 318 g/mol. The molecule has 0 spiro atoms. The van der Waals surface area contributed by atoms with Gasteiger partial charge in [0.05, 0.1) is 13.2 Å². The summed E-state index contributed by atoms with van der Waals surface area (Å²) in [4.78, 5) is 6.93. The lowest BCUT2D eigenvalue weighted by molar-refractivity contribution is 0.230. The molecule has 22 heavy (non-hydrogen) atoms. The quantitative estimate of drug-likeness (QED) is 0.846. The van der Waals surface area contributed by atoms with Crippen molar-refractivity contribution in [3.63, 3.8) is 0 Å². The Kier molecular flexibility index (Phi) is 5.28. The first-order chi connectivity index (χ1) is 10.8. The highest BCUT2D eigenvalue weighted by molar-refractivity contribution is 8.03. The van der Waals surface area contributed by atoms with Crippen molar-refractivity contribution in [1.82, 2.24) is 15.0 Å². The summed E-state index contributed by atoms with van der Waals surface area (Å²) in [5, 5.41) is 4.11. The van der Waals surface area contributed by atoms with Crippen LogP contribution in [0.3, 0.4) is 0 Å². The minimum absolute atomic E-state index is 0.137. The Morgan fingerprint density at radius 3 is 2.50 bits per heavy atom. The van der Waals surface area contributed by atoms with Gasteiger partial charge in [0.25, 0.3) is 0 Å². The maximum Gasteiger partial charge on any atom is 0.244 e. The zero-order valence-corrected chi connectivity index (χ0v) is 14.3. The molecule has 0 radical (unpaired) electrons. The molecular formula is C15H19N3O2S2. The molecule has 5 nitrogen and oxygen atoms in total. The van der Waals surface area contributed by atoms with Gasteiger partial charge in [-0.15, -0.1) is 23.5 Å². The van der Waals surface area contributed by atoms with Crippen molar-refractivity contribution in [2.45, 2.75) is 13.0 Å². The van der Waals surface area contributed by atoms with E-state index in [1.54, 1.807) is 7.11 Å². The first-order valence-corrected chi connectivity index (χ1v) is 9.46. The normalized spacial score (nSPS) is 17.9. The number of methoxy groups -OCH3 is 1. The average molecular weight is 337 g/mol. The van der Waals surface area contributed by atoms with E-state index in [-0.39, 0.29) is 6.04 Å². The number of rotatable bonds is 4. The fourth-order valence-electron chi connectivity index (χ4n) is 2.16. The van der Waals surface area contributed by atoms with Gasteiger partial charge >= 0.3 is 0 Å². The second-order valence-corrected chi connectivity index (χ2v) is 7.17. The van der Waals surface area contributed by atoms with Crippen LogP contribution in [0.2, 0.25) is 0 Å². The third-order valence-electron chi connectivity index (χ3n) is 3.58. The topological polar surface area (TPSA) is 51.4 Å². The van der Waals surface area contributed by atoms with Gasteiger partial charge in [0.1, 0.15) is 5.75 Å². The Morgan fingerprint density at radius 1 is 1.18 bits per heavy atom. The van der Waals surface area contributed by atoms with E-state index in [0.717, 1.165) is 23.1 Å². The monoisotopic (exact) mass is 337 g/mol. The van der Waals surface area contributed by atoms with Gasteiger partial charge in [-0.1, -0.05) is 5.16 Å². The first-order valence-electron chi connectivity index (χ1n) is 7.15. The molecule has 1 fully saturated rings. The second kappa shape index (κ2) is 7.39. The molecule has 1 unspecified atom stereocenters. The van der Waals surface area contributed by atoms with Gasteiger partial charge in [0.2, 0.25) is 11.7 Å². The Morgan fingerprint density at radius 2 is 1.86 bits per heavy atom. The van der Waals surface area contributed by atoms with E-state index in [9.17, 15) is 0 Å². The van der Waals surface area contributed by atoms with Crippen LogP contribution in [-0.2, 0) is 0 Å². The molecule has 118 valence electrons. The van der Waals surface area contributed by atoms with Gasteiger partial charge in [-0.3, -0.25) is 4.90 Å². The molecule has 1 aromatic carbocycles. The summed E-state index contributed by atoms with van der Waals surface area (Å²) in [5.41, 5.74) is 0.933. The minimum atomic E-state index is 0.137. The standard InChI is InChI=1S/C15H19N3O2S2/c1-11(18-9-21-7-8-22-10-18)15-16-14(17-20-15)12-3-5-13(19-2)6-4-12/h3-6,11H,7-10H2,1-2H3. The molecule has 1 aromatic heterocycles. The van der Waals surface area contributed by atoms with Gasteiger partial charge in [-0.05, 0) is 31.2 Å². The lowest BCUT2D eigenvalue weighted by Crippen LogP contribution is -2.25. The summed E-state index contributed by atoms with van der Waals surface area (Å²) >= 11 is 3.91. The third kappa shape index (κ3) is 3.59. The summed E-state index contributed by atoms with van der Waals surface area (Å²) in [5.74, 6) is 6.54. The third-order valence-corrected chi connectivity index (χ3v) is 5.85. The van der Waals surface area contributed by atoms with Crippen molar-refractivity contribution in [3.8, 4) is 17.1 Å². The molecule has 0 bridgehead atoms. The number of aromatic nitrogens is 2. The fraction of sp³-hybridized carbons (Fsp3) is 0.467. The van der Waals surface area contributed by atoms with E-state index in [4.69, 9.17) is 9.26 Å². The molecule has 1 saturated heterocycles. The van der Waals surface area contributed by atoms with Crippen molar-refractivity contribution in [2.75, 3.05) is 30.4 Å². The van der Waals surface area contributed by atoms with Crippen LogP contribution in [0.1, 0.15) is 18.9 Å². The van der Waals surface area contributed by atoms with Crippen molar-refractivity contribution in [1.29, 1.82) is 0 Å². The van der Waals surface area contributed by atoms with Crippen LogP contribution < -0.4 is 4.74 Å². The van der Waals surface area contributed by atoms with Crippen LogP contribution in [0.15, 0.2) is 28.8 Å². The molecule has 1 aliphatic rings. The summed E-state index contributed by atoms with van der Waals surface area (Å²) in [6, 6.07) is 7.82. The lowest BCUT2D eigenvalue weighted by atomic mass is 10.2. The average Bonchev–Trinajstić information content (AvgIpc) is 2.90. The Hall–Kier alpha value is -1.18. The predicted molar refractivity (Wildman–Crippen MR) is 91.2 cm³/mol. The highest BCUT2D eigenvalue weighted by atomic mass is 32.2.